The van der Waals surface area contributed by atoms with E-state index in [1.807, 2.05) is 31.1 Å². The van der Waals surface area contributed by atoms with Crippen LogP contribution >= 0.6 is 0 Å². The molecule has 0 unspecified atom stereocenters. The minimum Gasteiger partial charge on any atom is -0.363 e. The van der Waals surface area contributed by atoms with Gasteiger partial charge < -0.3 is 15.5 Å². The first-order valence-corrected chi connectivity index (χ1v) is 7.66. The summed E-state index contributed by atoms with van der Waals surface area (Å²) in [5.74, 6) is 1.79. The van der Waals surface area contributed by atoms with E-state index < -0.39 is 0 Å². The largest absolute Gasteiger partial charge is 0.363 e. The van der Waals surface area contributed by atoms with Crippen molar-refractivity contribution >= 4 is 22.7 Å². The fourth-order valence-corrected chi connectivity index (χ4v) is 2.25. The van der Waals surface area contributed by atoms with Gasteiger partial charge in [0, 0.05) is 39.6 Å². The Labute approximate surface area is 132 Å². The monoisotopic (exact) mass is 299 g/mol. The van der Waals surface area contributed by atoms with Gasteiger partial charge in [-0.15, -0.1) is 0 Å². The zero-order chi connectivity index (χ0) is 15.9. The molecule has 1 aromatic carbocycles. The van der Waals surface area contributed by atoms with Crippen molar-refractivity contribution in [3.63, 3.8) is 0 Å². The third-order valence-corrected chi connectivity index (χ3v) is 3.46. The summed E-state index contributed by atoms with van der Waals surface area (Å²) in [5, 5.41) is 7.83. The first-order chi connectivity index (χ1) is 10.7. The Hall–Kier alpha value is -2.30. The van der Waals surface area contributed by atoms with Gasteiger partial charge in [-0.25, -0.2) is 4.98 Å². The van der Waals surface area contributed by atoms with Crippen LogP contribution in [0.25, 0.3) is 10.9 Å². The van der Waals surface area contributed by atoms with Gasteiger partial charge in [0.2, 0.25) is 0 Å². The van der Waals surface area contributed by atoms with E-state index in [1.54, 1.807) is 7.05 Å². The van der Waals surface area contributed by atoms with Gasteiger partial charge in [-0.2, -0.15) is 0 Å². The van der Waals surface area contributed by atoms with Crippen molar-refractivity contribution in [3.8, 4) is 0 Å². The minimum absolute atomic E-state index is 0.716. The summed E-state index contributed by atoms with van der Waals surface area (Å²) in [7, 11) is 5.81. The molecule has 118 valence electrons. The molecule has 2 N–H and O–H groups in total. The molecule has 0 aliphatic carbocycles. The quantitative estimate of drug-likeness (QED) is 0.657. The fourth-order valence-electron chi connectivity index (χ4n) is 2.25. The second-order valence-corrected chi connectivity index (χ2v) is 5.40. The molecular formula is C17H25N5. The maximum Gasteiger partial charge on any atom is 0.191 e. The third-order valence-electron chi connectivity index (χ3n) is 3.46. The molecule has 1 heterocycles. The van der Waals surface area contributed by atoms with E-state index >= 15 is 0 Å². The molecule has 0 spiro atoms. The number of para-hydroxylation sites is 1. The SMILES string of the molecule is CCCNC(=NC)NCc1cc(N(C)C)nc2ccccc12. The molecule has 0 saturated carbocycles. The molecule has 2 aromatic rings. The van der Waals surface area contributed by atoms with Crippen molar-refractivity contribution < 1.29 is 0 Å². The number of nitrogens with zero attached hydrogens (tertiary/aromatic N) is 3. The molecule has 0 amide bonds. The molecule has 0 radical (unpaired) electrons. The summed E-state index contributed by atoms with van der Waals surface area (Å²) in [6.45, 7) is 3.77. The molecule has 5 heteroatoms. The number of hydrogen-bond donors (Lipinski definition) is 2. The van der Waals surface area contributed by atoms with Crippen LogP contribution in [0.2, 0.25) is 0 Å². The molecule has 1 aromatic heterocycles. The van der Waals surface area contributed by atoms with E-state index in [1.165, 1.54) is 10.9 Å². The number of hydrogen-bond acceptors (Lipinski definition) is 3. The lowest BCUT2D eigenvalue weighted by atomic mass is 10.1. The lowest BCUT2D eigenvalue weighted by Crippen LogP contribution is -2.37. The average molecular weight is 299 g/mol. The normalized spacial score (nSPS) is 11.5. The maximum absolute atomic E-state index is 4.68. The second kappa shape index (κ2) is 7.64. The van der Waals surface area contributed by atoms with E-state index in [4.69, 9.17) is 0 Å². The molecule has 0 fully saturated rings. The van der Waals surface area contributed by atoms with Gasteiger partial charge in [0.1, 0.15) is 5.82 Å². The number of aliphatic imine (C=N–C) groups is 1. The van der Waals surface area contributed by atoms with Crippen LogP contribution in [0, 0.1) is 0 Å². The van der Waals surface area contributed by atoms with Crippen molar-refractivity contribution in [2.24, 2.45) is 4.99 Å². The topological polar surface area (TPSA) is 52.6 Å². The number of fused-ring (bicyclic) bond motifs is 1. The van der Waals surface area contributed by atoms with Crippen LogP contribution in [-0.2, 0) is 6.54 Å². The molecule has 22 heavy (non-hydrogen) atoms. The summed E-state index contributed by atoms with van der Waals surface area (Å²) in [6.07, 6.45) is 1.07. The van der Waals surface area contributed by atoms with Gasteiger partial charge in [0.15, 0.2) is 5.96 Å². The van der Waals surface area contributed by atoms with Gasteiger partial charge in [-0.05, 0) is 24.1 Å². The third kappa shape index (κ3) is 3.87. The summed E-state index contributed by atoms with van der Waals surface area (Å²) < 4.78 is 0. The van der Waals surface area contributed by atoms with Gasteiger partial charge in [-0.3, -0.25) is 4.99 Å². The Morgan fingerprint density at radius 2 is 2.00 bits per heavy atom. The van der Waals surface area contributed by atoms with Crippen LogP contribution in [0.15, 0.2) is 35.3 Å². The number of rotatable bonds is 5. The predicted octanol–water partition coefficient (Wildman–Crippen LogP) is 2.38. The maximum atomic E-state index is 4.68. The van der Waals surface area contributed by atoms with Crippen LogP contribution in [0.3, 0.4) is 0 Å². The highest BCUT2D eigenvalue weighted by Crippen LogP contribution is 2.21. The molecular weight excluding hydrogens is 274 g/mol. The smallest absolute Gasteiger partial charge is 0.191 e. The van der Waals surface area contributed by atoms with Crippen LogP contribution in [-0.4, -0.2) is 38.6 Å². The van der Waals surface area contributed by atoms with E-state index in [0.717, 1.165) is 30.3 Å². The van der Waals surface area contributed by atoms with Gasteiger partial charge >= 0.3 is 0 Å². The average Bonchev–Trinajstić information content (AvgIpc) is 2.54. The van der Waals surface area contributed by atoms with Crippen LogP contribution in [0.1, 0.15) is 18.9 Å². The summed E-state index contributed by atoms with van der Waals surface area (Å²) in [4.78, 5) is 11.0. The van der Waals surface area contributed by atoms with Crippen LogP contribution < -0.4 is 15.5 Å². The Morgan fingerprint density at radius 3 is 2.68 bits per heavy atom. The van der Waals surface area contributed by atoms with E-state index in [-0.39, 0.29) is 0 Å². The van der Waals surface area contributed by atoms with Gasteiger partial charge in [-0.1, -0.05) is 25.1 Å². The standard InChI is InChI=1S/C17H25N5/c1-5-10-19-17(18-2)20-12-13-11-16(22(3)4)21-15-9-7-6-8-14(13)15/h6-9,11H,5,10,12H2,1-4H3,(H2,18,19,20). The fraction of sp³-hybridized carbons (Fsp3) is 0.412. The first kappa shape index (κ1) is 16.1. The molecule has 2 rings (SSSR count). The molecule has 0 saturated heterocycles. The van der Waals surface area contributed by atoms with Crippen LogP contribution in [0.5, 0.6) is 0 Å². The van der Waals surface area contributed by atoms with Crippen LogP contribution in [0.4, 0.5) is 5.82 Å². The number of anilines is 1. The number of guanidine groups is 1. The number of benzene rings is 1. The van der Waals surface area contributed by atoms with Crippen molar-refractivity contribution in [1.29, 1.82) is 0 Å². The summed E-state index contributed by atoms with van der Waals surface area (Å²) in [5.41, 5.74) is 2.23. The first-order valence-electron chi connectivity index (χ1n) is 7.66. The van der Waals surface area contributed by atoms with Gasteiger partial charge in [0.05, 0.1) is 5.52 Å². The van der Waals surface area contributed by atoms with E-state index in [2.05, 4.69) is 45.7 Å². The molecule has 0 aliphatic heterocycles. The predicted molar refractivity (Wildman–Crippen MR) is 94.6 cm³/mol. The zero-order valence-corrected chi connectivity index (χ0v) is 13.8. The lowest BCUT2D eigenvalue weighted by Gasteiger charge is -2.16. The second-order valence-electron chi connectivity index (χ2n) is 5.40. The number of aromatic nitrogens is 1. The summed E-state index contributed by atoms with van der Waals surface area (Å²) >= 11 is 0. The van der Waals surface area contributed by atoms with E-state index in [9.17, 15) is 0 Å². The minimum atomic E-state index is 0.716. The number of pyridine rings is 1. The highest BCUT2D eigenvalue weighted by molar-refractivity contribution is 5.85. The van der Waals surface area contributed by atoms with E-state index in [0.29, 0.717) is 6.54 Å². The Morgan fingerprint density at radius 1 is 1.23 bits per heavy atom. The van der Waals surface area contributed by atoms with Gasteiger partial charge in [0.25, 0.3) is 0 Å². The Balaban J connectivity index is 2.25. The van der Waals surface area contributed by atoms with Crippen molar-refractivity contribution in [3.05, 3.63) is 35.9 Å². The number of nitrogens with one attached hydrogen (secondary N) is 2. The zero-order valence-electron chi connectivity index (χ0n) is 13.8. The lowest BCUT2D eigenvalue weighted by molar-refractivity contribution is 0.783. The van der Waals surface area contributed by atoms with Crippen molar-refractivity contribution in [2.45, 2.75) is 19.9 Å². The summed E-state index contributed by atoms with van der Waals surface area (Å²) in [6, 6.07) is 10.4. The molecule has 0 aliphatic rings. The van der Waals surface area contributed by atoms with Crippen molar-refractivity contribution in [1.82, 2.24) is 15.6 Å². The Bertz CT molecular complexity index is 649. The highest BCUT2D eigenvalue weighted by Gasteiger charge is 2.07. The Kier molecular flexibility index (Phi) is 5.58. The highest BCUT2D eigenvalue weighted by atomic mass is 15.2. The molecule has 0 bridgehead atoms. The van der Waals surface area contributed by atoms with Crippen molar-refractivity contribution in [2.75, 3.05) is 32.6 Å². The molecule has 5 nitrogen and oxygen atoms in total. The molecule has 0 atom stereocenters.